The lowest BCUT2D eigenvalue weighted by molar-refractivity contribution is -0.118. The van der Waals surface area contributed by atoms with Gasteiger partial charge in [-0.15, -0.1) is 0 Å². The van der Waals surface area contributed by atoms with Gasteiger partial charge in [-0.2, -0.15) is 0 Å². The van der Waals surface area contributed by atoms with Crippen LogP contribution in [0.4, 0.5) is 11.4 Å². The van der Waals surface area contributed by atoms with Crippen LogP contribution in [0.2, 0.25) is 0 Å². The second kappa shape index (κ2) is 13.8. The van der Waals surface area contributed by atoms with E-state index in [1.165, 1.54) is 6.07 Å². The fraction of sp³-hybridized carbons (Fsp3) is 0.250. The number of Topliss-reactive ketones (excluding diaryl/α,β-unsaturated/α-hetero) is 2. The van der Waals surface area contributed by atoms with Crippen molar-refractivity contribution in [2.24, 2.45) is 11.8 Å². The van der Waals surface area contributed by atoms with E-state index in [4.69, 9.17) is 4.42 Å². The van der Waals surface area contributed by atoms with Crippen molar-refractivity contribution >= 4 is 39.8 Å². The number of benzene rings is 4. The number of aryl methyl sites for hydroxylation is 1. The Balaban J connectivity index is 1.37. The average molecular weight is 642 g/mol. The minimum atomic E-state index is -0.596. The number of nitrogens with one attached hydrogen (secondary N) is 1. The predicted octanol–water partition coefficient (Wildman–Crippen LogP) is 6.51. The third kappa shape index (κ3) is 6.71. The molecule has 1 amide bonds. The van der Waals surface area contributed by atoms with Gasteiger partial charge in [0.25, 0.3) is 0 Å². The Morgan fingerprint density at radius 3 is 1.98 bits per heavy atom. The van der Waals surface area contributed by atoms with E-state index in [9.17, 15) is 19.2 Å². The first-order chi connectivity index (χ1) is 23.1. The summed E-state index contributed by atoms with van der Waals surface area (Å²) in [4.78, 5) is 58.7. The Bertz CT molecular complexity index is 1980. The number of nitrogens with zero attached hydrogens (tertiary/aromatic N) is 2. The molecule has 1 aliphatic rings. The van der Waals surface area contributed by atoms with Crippen molar-refractivity contribution in [1.29, 1.82) is 0 Å². The molecular weight excluding hydrogens is 602 g/mol. The molecule has 2 heterocycles. The Hall–Kier alpha value is -5.34. The molecule has 48 heavy (non-hydrogen) atoms. The molecule has 1 aromatic heterocycles. The number of piperidine rings is 1. The van der Waals surface area contributed by atoms with Crippen molar-refractivity contribution in [3.05, 3.63) is 141 Å². The van der Waals surface area contributed by atoms with E-state index in [1.807, 2.05) is 104 Å². The Kier molecular flexibility index (Phi) is 9.37. The summed E-state index contributed by atoms with van der Waals surface area (Å²) in [5.41, 5.74) is 5.22. The summed E-state index contributed by atoms with van der Waals surface area (Å²) in [5.74, 6) is -2.09. The van der Waals surface area contributed by atoms with E-state index in [0.717, 1.165) is 22.4 Å². The van der Waals surface area contributed by atoms with Crippen LogP contribution in [0.3, 0.4) is 0 Å². The van der Waals surface area contributed by atoms with Crippen molar-refractivity contribution in [3.63, 3.8) is 0 Å². The van der Waals surface area contributed by atoms with Gasteiger partial charge in [0.1, 0.15) is 5.58 Å². The van der Waals surface area contributed by atoms with E-state index in [-0.39, 0.29) is 37.1 Å². The SMILES string of the molecule is Cc1cccc(C2C(C(=O)c3ccccc3)CN(CC(=O)Nc3cc(=O)oc4cc(N(C)C)ccc34)CC2C(=O)c2ccccc2)c1C. The van der Waals surface area contributed by atoms with E-state index in [2.05, 4.69) is 5.32 Å². The summed E-state index contributed by atoms with van der Waals surface area (Å²) in [5, 5.41) is 3.50. The molecule has 0 radical (unpaired) electrons. The maximum Gasteiger partial charge on any atom is 0.338 e. The lowest BCUT2D eigenvalue weighted by Gasteiger charge is -2.43. The first-order valence-electron chi connectivity index (χ1n) is 16.1. The number of carbonyl (C=O) groups is 3. The molecule has 4 aromatic carbocycles. The lowest BCUT2D eigenvalue weighted by Crippen LogP contribution is -2.52. The Morgan fingerprint density at radius 2 is 1.40 bits per heavy atom. The van der Waals surface area contributed by atoms with Crippen LogP contribution in [0.25, 0.3) is 11.0 Å². The highest BCUT2D eigenvalue weighted by Gasteiger charge is 2.45. The minimum Gasteiger partial charge on any atom is -0.423 e. The molecule has 2 atom stereocenters. The zero-order valence-electron chi connectivity index (χ0n) is 27.6. The predicted molar refractivity (Wildman–Crippen MR) is 189 cm³/mol. The summed E-state index contributed by atoms with van der Waals surface area (Å²) >= 11 is 0. The number of hydrogen-bond acceptors (Lipinski definition) is 7. The Labute approximate surface area is 280 Å². The van der Waals surface area contributed by atoms with Gasteiger partial charge in [0.05, 0.1) is 12.2 Å². The van der Waals surface area contributed by atoms with Gasteiger partial charge in [-0.25, -0.2) is 4.79 Å². The smallest absolute Gasteiger partial charge is 0.338 e. The number of carbonyl (C=O) groups excluding carboxylic acids is 3. The maximum atomic E-state index is 14.4. The van der Waals surface area contributed by atoms with Crippen LogP contribution in [-0.4, -0.2) is 56.1 Å². The van der Waals surface area contributed by atoms with Crippen molar-refractivity contribution in [2.75, 3.05) is 43.9 Å². The zero-order chi connectivity index (χ0) is 33.9. The first kappa shape index (κ1) is 32.6. The van der Waals surface area contributed by atoms with Gasteiger partial charge in [0.2, 0.25) is 5.91 Å². The molecule has 8 nitrogen and oxygen atoms in total. The molecule has 2 unspecified atom stereocenters. The fourth-order valence-electron chi connectivity index (χ4n) is 6.89. The molecule has 0 bridgehead atoms. The largest absolute Gasteiger partial charge is 0.423 e. The molecule has 0 saturated carbocycles. The average Bonchev–Trinajstić information content (AvgIpc) is 3.09. The fourth-order valence-corrected chi connectivity index (χ4v) is 6.89. The van der Waals surface area contributed by atoms with Crippen LogP contribution in [0, 0.1) is 25.7 Å². The summed E-state index contributed by atoms with van der Waals surface area (Å²) in [6.07, 6.45) is 0. The number of likely N-dealkylation sites (tertiary alicyclic amines) is 1. The number of ketones is 2. The van der Waals surface area contributed by atoms with E-state index in [1.54, 1.807) is 30.3 Å². The number of anilines is 2. The summed E-state index contributed by atoms with van der Waals surface area (Å²) in [6.45, 7) is 4.56. The van der Waals surface area contributed by atoms with Crippen molar-refractivity contribution < 1.29 is 18.8 Å². The molecule has 1 fully saturated rings. The molecule has 5 aromatic rings. The Morgan fingerprint density at radius 1 is 0.792 bits per heavy atom. The molecule has 0 aliphatic carbocycles. The monoisotopic (exact) mass is 641 g/mol. The highest BCUT2D eigenvalue weighted by Crippen LogP contribution is 2.42. The second-order valence-electron chi connectivity index (χ2n) is 12.8. The number of amides is 1. The van der Waals surface area contributed by atoms with Gasteiger partial charge in [0.15, 0.2) is 11.6 Å². The normalized spacial score (nSPS) is 18.0. The van der Waals surface area contributed by atoms with Crippen LogP contribution < -0.4 is 15.8 Å². The van der Waals surface area contributed by atoms with Crippen LogP contribution in [0.5, 0.6) is 0 Å². The quantitative estimate of drug-likeness (QED) is 0.145. The van der Waals surface area contributed by atoms with E-state index < -0.39 is 23.4 Å². The number of hydrogen-bond donors (Lipinski definition) is 1. The minimum absolute atomic E-state index is 0.0687. The second-order valence-corrected chi connectivity index (χ2v) is 12.8. The highest BCUT2D eigenvalue weighted by atomic mass is 16.4. The molecule has 0 spiro atoms. The molecule has 244 valence electrons. The van der Waals surface area contributed by atoms with Gasteiger partial charge >= 0.3 is 5.63 Å². The van der Waals surface area contributed by atoms with Gasteiger partial charge in [-0.1, -0.05) is 78.9 Å². The molecule has 1 N–H and O–H groups in total. The third-order valence-corrected chi connectivity index (χ3v) is 9.46. The van der Waals surface area contributed by atoms with Crippen LogP contribution in [-0.2, 0) is 4.79 Å². The summed E-state index contributed by atoms with van der Waals surface area (Å²) in [6, 6.07) is 31.0. The highest BCUT2D eigenvalue weighted by molar-refractivity contribution is 6.03. The summed E-state index contributed by atoms with van der Waals surface area (Å²) < 4.78 is 5.44. The van der Waals surface area contributed by atoms with Crippen molar-refractivity contribution in [3.8, 4) is 0 Å². The zero-order valence-corrected chi connectivity index (χ0v) is 27.6. The molecular formula is C40H39N3O5. The van der Waals surface area contributed by atoms with Gasteiger partial charge in [-0.3, -0.25) is 19.3 Å². The number of fused-ring (bicyclic) bond motifs is 1. The van der Waals surface area contributed by atoms with Crippen LogP contribution >= 0.6 is 0 Å². The van der Waals surface area contributed by atoms with Crippen LogP contribution in [0.15, 0.2) is 112 Å². The first-order valence-corrected chi connectivity index (χ1v) is 16.1. The summed E-state index contributed by atoms with van der Waals surface area (Å²) in [7, 11) is 3.78. The van der Waals surface area contributed by atoms with Crippen molar-refractivity contribution in [2.45, 2.75) is 19.8 Å². The van der Waals surface area contributed by atoms with Crippen LogP contribution in [0.1, 0.15) is 43.3 Å². The van der Waals surface area contributed by atoms with E-state index >= 15 is 0 Å². The van der Waals surface area contributed by atoms with Gasteiger partial charge in [0, 0.05) is 79.3 Å². The third-order valence-electron chi connectivity index (χ3n) is 9.46. The van der Waals surface area contributed by atoms with Crippen molar-refractivity contribution in [1.82, 2.24) is 4.90 Å². The molecule has 8 heteroatoms. The topological polar surface area (TPSA) is 99.9 Å². The van der Waals surface area contributed by atoms with Gasteiger partial charge < -0.3 is 14.6 Å². The molecule has 1 aliphatic heterocycles. The standard InChI is InChI=1S/C40H39N3O5/c1-25-12-11-17-30(26(25)2)38-32(39(46)27-13-7-5-8-14-27)22-43(23-33(38)40(47)28-15-9-6-10-16-28)24-36(44)41-34-21-37(45)48-35-20-29(42(3)4)18-19-31(34)35/h5-21,32-33,38H,22-24H2,1-4H3,(H,41,44). The molecule has 1 saturated heterocycles. The van der Waals surface area contributed by atoms with Gasteiger partial charge in [-0.05, 0) is 42.7 Å². The lowest BCUT2D eigenvalue weighted by atomic mass is 9.67. The number of rotatable bonds is 9. The van der Waals surface area contributed by atoms with E-state index in [0.29, 0.717) is 27.8 Å². The maximum absolute atomic E-state index is 14.4. The molecule has 6 rings (SSSR count).